The Morgan fingerprint density at radius 2 is 1.92 bits per heavy atom. The monoisotopic (exact) mass is 353 g/mol. The lowest BCUT2D eigenvalue weighted by molar-refractivity contribution is 0.0937. The van der Waals surface area contributed by atoms with Crippen LogP contribution in [0.2, 0.25) is 5.02 Å². The van der Waals surface area contributed by atoms with Crippen LogP contribution in [0.5, 0.6) is 5.75 Å². The molecule has 0 spiro atoms. The summed E-state index contributed by atoms with van der Waals surface area (Å²) in [6, 6.07) is 12.1. The highest BCUT2D eigenvalue weighted by molar-refractivity contribution is 6.31. The van der Waals surface area contributed by atoms with Gasteiger partial charge in [0, 0.05) is 24.2 Å². The first-order chi connectivity index (χ1) is 11.7. The Hall–Kier alpha value is -1.66. The fourth-order valence-corrected chi connectivity index (χ4v) is 2.36. The normalized spacial score (nSPS) is 10.8. The molecule has 0 aliphatic rings. The molecule has 0 aliphatic heterocycles. The number of hydrogen-bond acceptors (Lipinski definition) is 4. The summed E-state index contributed by atoms with van der Waals surface area (Å²) in [5.41, 5.74) is 1.31. The molecular weight excluding hydrogens is 333 g/mol. The molecule has 24 heavy (non-hydrogen) atoms. The molecule has 2 aromatic carbocycles. The summed E-state index contributed by atoms with van der Waals surface area (Å²) in [5.74, 6) is 0.305. The van der Waals surface area contributed by atoms with Crippen LogP contribution in [0, 0.1) is 5.82 Å². The Labute approximate surface area is 146 Å². The Morgan fingerprint density at radius 1 is 1.08 bits per heavy atom. The molecule has 0 bridgehead atoms. The van der Waals surface area contributed by atoms with Crippen molar-refractivity contribution in [2.45, 2.75) is 13.2 Å². The van der Waals surface area contributed by atoms with Gasteiger partial charge in [0.2, 0.25) is 0 Å². The zero-order chi connectivity index (χ0) is 17.2. The van der Waals surface area contributed by atoms with E-state index in [-0.39, 0.29) is 19.0 Å². The summed E-state index contributed by atoms with van der Waals surface area (Å²) >= 11 is 6.02. The van der Waals surface area contributed by atoms with Gasteiger partial charge in [0.15, 0.2) is 0 Å². The number of aliphatic hydroxyl groups is 1. The maximum absolute atomic E-state index is 13.8. The smallest absolute Gasteiger partial charge is 0.131 e. The Balaban J connectivity index is 1.89. The van der Waals surface area contributed by atoms with Gasteiger partial charge in [-0.2, -0.15) is 0 Å². The van der Waals surface area contributed by atoms with Crippen molar-refractivity contribution in [1.29, 1.82) is 0 Å². The van der Waals surface area contributed by atoms with Crippen molar-refractivity contribution in [2.24, 2.45) is 0 Å². The lowest BCUT2D eigenvalue weighted by Crippen LogP contribution is -2.20. The predicted molar refractivity (Wildman–Crippen MR) is 91.8 cm³/mol. The van der Waals surface area contributed by atoms with Gasteiger partial charge in [0.1, 0.15) is 18.2 Å². The van der Waals surface area contributed by atoms with E-state index in [0.717, 1.165) is 5.56 Å². The second-order valence-electron chi connectivity index (χ2n) is 5.11. The molecule has 0 saturated heterocycles. The van der Waals surface area contributed by atoms with Gasteiger partial charge in [-0.3, -0.25) is 0 Å². The van der Waals surface area contributed by atoms with Gasteiger partial charge in [-0.1, -0.05) is 35.9 Å². The highest BCUT2D eigenvalue weighted by Crippen LogP contribution is 2.23. The second-order valence-corrected chi connectivity index (χ2v) is 5.52. The summed E-state index contributed by atoms with van der Waals surface area (Å²) in [4.78, 5) is 0. The number of benzene rings is 2. The van der Waals surface area contributed by atoms with Gasteiger partial charge in [-0.15, -0.1) is 0 Å². The third kappa shape index (κ3) is 5.76. The molecule has 0 amide bonds. The summed E-state index contributed by atoms with van der Waals surface area (Å²) in [5, 5.41) is 12.2. The maximum Gasteiger partial charge on any atom is 0.131 e. The van der Waals surface area contributed by atoms with E-state index in [9.17, 15) is 4.39 Å². The minimum absolute atomic E-state index is 0.0231. The van der Waals surface area contributed by atoms with Crippen LogP contribution in [0.3, 0.4) is 0 Å². The number of hydrogen-bond donors (Lipinski definition) is 2. The lowest BCUT2D eigenvalue weighted by atomic mass is 10.2. The van der Waals surface area contributed by atoms with Crippen LogP contribution >= 0.6 is 11.6 Å². The zero-order valence-electron chi connectivity index (χ0n) is 13.3. The SMILES string of the molecule is OCCOCCNCc1ccccc1OCc1c(F)cccc1Cl. The van der Waals surface area contributed by atoms with E-state index in [1.54, 1.807) is 12.1 Å². The average Bonchev–Trinajstić information content (AvgIpc) is 2.58. The fourth-order valence-electron chi connectivity index (χ4n) is 2.14. The van der Waals surface area contributed by atoms with Crippen molar-refractivity contribution in [3.05, 3.63) is 64.4 Å². The molecule has 2 aromatic rings. The van der Waals surface area contributed by atoms with Crippen LogP contribution in [0.15, 0.2) is 42.5 Å². The van der Waals surface area contributed by atoms with Crippen LogP contribution in [0.1, 0.15) is 11.1 Å². The van der Waals surface area contributed by atoms with Gasteiger partial charge < -0.3 is 19.9 Å². The highest BCUT2D eigenvalue weighted by atomic mass is 35.5. The number of ether oxygens (including phenoxy) is 2. The van der Waals surface area contributed by atoms with E-state index in [2.05, 4.69) is 5.32 Å². The number of halogens is 2. The lowest BCUT2D eigenvalue weighted by Gasteiger charge is -2.13. The standard InChI is InChI=1S/C18H21ClFNO3/c19-16-5-3-6-17(20)15(16)13-24-18-7-2-1-4-14(18)12-21-8-10-23-11-9-22/h1-7,21-22H,8-13H2. The van der Waals surface area contributed by atoms with Crippen molar-refractivity contribution in [2.75, 3.05) is 26.4 Å². The van der Waals surface area contributed by atoms with E-state index in [1.807, 2.05) is 24.3 Å². The summed E-state index contributed by atoms with van der Waals surface area (Å²) in [6.07, 6.45) is 0. The molecule has 0 fully saturated rings. The predicted octanol–water partition coefficient (Wildman–Crippen LogP) is 3.16. The quantitative estimate of drug-likeness (QED) is 0.644. The molecule has 0 saturated carbocycles. The Bertz CT molecular complexity index is 619. The van der Waals surface area contributed by atoms with E-state index in [1.165, 1.54) is 6.07 Å². The van der Waals surface area contributed by atoms with Crippen molar-refractivity contribution < 1.29 is 19.0 Å². The van der Waals surface area contributed by atoms with E-state index in [4.69, 9.17) is 26.2 Å². The third-order valence-electron chi connectivity index (χ3n) is 3.38. The minimum Gasteiger partial charge on any atom is -0.488 e. The van der Waals surface area contributed by atoms with E-state index in [0.29, 0.717) is 42.6 Å². The van der Waals surface area contributed by atoms with Crippen LogP contribution in [-0.4, -0.2) is 31.5 Å². The minimum atomic E-state index is -0.376. The number of nitrogens with one attached hydrogen (secondary N) is 1. The highest BCUT2D eigenvalue weighted by Gasteiger charge is 2.09. The van der Waals surface area contributed by atoms with Gasteiger partial charge in [0.05, 0.1) is 24.8 Å². The molecule has 0 unspecified atom stereocenters. The second kappa shape index (κ2) is 10.3. The van der Waals surface area contributed by atoms with Crippen molar-refractivity contribution in [3.8, 4) is 5.75 Å². The number of para-hydroxylation sites is 1. The molecule has 0 aliphatic carbocycles. The summed E-state index contributed by atoms with van der Waals surface area (Å²) in [7, 11) is 0. The summed E-state index contributed by atoms with van der Waals surface area (Å²) < 4.78 is 24.7. The molecule has 0 atom stereocenters. The van der Waals surface area contributed by atoms with Crippen LogP contribution < -0.4 is 10.1 Å². The zero-order valence-corrected chi connectivity index (χ0v) is 14.1. The molecule has 130 valence electrons. The first kappa shape index (κ1) is 18.7. The van der Waals surface area contributed by atoms with Gasteiger partial charge in [-0.05, 0) is 18.2 Å². The van der Waals surface area contributed by atoms with E-state index < -0.39 is 0 Å². The largest absolute Gasteiger partial charge is 0.488 e. The van der Waals surface area contributed by atoms with Crippen molar-refractivity contribution in [1.82, 2.24) is 5.32 Å². The molecule has 2 rings (SSSR count). The van der Waals surface area contributed by atoms with Crippen LogP contribution in [-0.2, 0) is 17.9 Å². The number of rotatable bonds is 10. The fraction of sp³-hybridized carbons (Fsp3) is 0.333. The summed E-state index contributed by atoms with van der Waals surface area (Å²) in [6.45, 7) is 2.22. The van der Waals surface area contributed by atoms with Crippen LogP contribution in [0.25, 0.3) is 0 Å². The third-order valence-corrected chi connectivity index (χ3v) is 3.73. The molecule has 6 heteroatoms. The number of aliphatic hydroxyl groups excluding tert-OH is 1. The molecular formula is C18H21ClFNO3. The molecule has 0 aromatic heterocycles. The van der Waals surface area contributed by atoms with Crippen molar-refractivity contribution >= 4 is 11.6 Å². The van der Waals surface area contributed by atoms with E-state index >= 15 is 0 Å². The first-order valence-corrected chi connectivity index (χ1v) is 8.13. The molecule has 0 radical (unpaired) electrons. The Morgan fingerprint density at radius 3 is 2.71 bits per heavy atom. The van der Waals surface area contributed by atoms with Crippen molar-refractivity contribution in [3.63, 3.8) is 0 Å². The topological polar surface area (TPSA) is 50.7 Å². The van der Waals surface area contributed by atoms with Crippen LogP contribution in [0.4, 0.5) is 4.39 Å². The molecule has 4 nitrogen and oxygen atoms in total. The molecule has 0 heterocycles. The van der Waals surface area contributed by atoms with Gasteiger partial charge in [0.25, 0.3) is 0 Å². The first-order valence-electron chi connectivity index (χ1n) is 7.75. The van der Waals surface area contributed by atoms with Gasteiger partial charge in [-0.25, -0.2) is 4.39 Å². The Kier molecular flexibility index (Phi) is 7.98. The van der Waals surface area contributed by atoms with Gasteiger partial charge >= 0.3 is 0 Å². The molecule has 2 N–H and O–H groups in total. The average molecular weight is 354 g/mol. The maximum atomic E-state index is 13.8.